The van der Waals surface area contributed by atoms with Crippen LogP contribution in [0.3, 0.4) is 0 Å². The van der Waals surface area contributed by atoms with Crippen molar-refractivity contribution >= 4 is 37.7 Å². The van der Waals surface area contributed by atoms with E-state index in [4.69, 9.17) is 9.14 Å². The maximum atomic E-state index is 13.7. The lowest BCUT2D eigenvalue weighted by atomic mass is 9.66. The Morgan fingerprint density at radius 3 is 1.26 bits per heavy atom. The van der Waals surface area contributed by atoms with E-state index in [0.717, 1.165) is 54.6 Å². The molecule has 13 heteroatoms. The van der Waals surface area contributed by atoms with E-state index in [1.54, 1.807) is 0 Å². The molecule has 158 valence electrons. The second-order valence-corrected chi connectivity index (χ2v) is 6.42. The Labute approximate surface area is 175 Å². The van der Waals surface area contributed by atoms with Crippen LogP contribution in [0.1, 0.15) is 0 Å². The van der Waals surface area contributed by atoms with Gasteiger partial charge in [-0.05, 0) is 54.6 Å². The van der Waals surface area contributed by atoms with Gasteiger partial charge >= 0.3 is 21.4 Å². The standard InChI is InChI=1S/C18H14B3F3O7/c22-10-1-4-16(25)13(7-10)19(28)30-21(15-9-12(24)3-6-18(15)27)31-20(29)14-8-11(23)2-5-17(14)26/h1-9,25-29H. The molecule has 7 nitrogen and oxygen atoms in total. The van der Waals surface area contributed by atoms with Crippen molar-refractivity contribution in [2.45, 2.75) is 0 Å². The van der Waals surface area contributed by atoms with Crippen molar-refractivity contribution in [3.05, 3.63) is 72.0 Å². The predicted molar refractivity (Wildman–Crippen MR) is 107 cm³/mol. The molecule has 3 aromatic carbocycles. The van der Waals surface area contributed by atoms with Crippen LogP contribution in [0.4, 0.5) is 13.2 Å². The van der Waals surface area contributed by atoms with Gasteiger partial charge in [0.2, 0.25) is 0 Å². The van der Waals surface area contributed by atoms with Crippen LogP contribution in [0.2, 0.25) is 0 Å². The molecule has 0 saturated heterocycles. The summed E-state index contributed by atoms with van der Waals surface area (Å²) in [7, 11) is -6.03. The van der Waals surface area contributed by atoms with Crippen LogP contribution >= 0.6 is 0 Å². The number of rotatable bonds is 7. The fraction of sp³-hybridized carbons (Fsp3) is 0. The van der Waals surface area contributed by atoms with Gasteiger partial charge in [-0.15, -0.1) is 0 Å². The van der Waals surface area contributed by atoms with Crippen molar-refractivity contribution in [1.82, 2.24) is 0 Å². The van der Waals surface area contributed by atoms with Gasteiger partial charge in [0, 0.05) is 16.4 Å². The number of hydrogen-bond acceptors (Lipinski definition) is 7. The molecule has 0 aliphatic heterocycles. The van der Waals surface area contributed by atoms with Gasteiger partial charge in [-0.2, -0.15) is 0 Å². The fourth-order valence-electron chi connectivity index (χ4n) is 2.72. The van der Waals surface area contributed by atoms with Crippen LogP contribution in [0.25, 0.3) is 0 Å². The second-order valence-electron chi connectivity index (χ2n) is 6.42. The molecule has 5 N–H and O–H groups in total. The molecule has 3 rings (SSSR count). The highest BCUT2D eigenvalue weighted by atomic mass is 19.1. The Bertz CT molecular complexity index is 1030. The highest BCUT2D eigenvalue weighted by molar-refractivity contribution is 6.80. The largest absolute Gasteiger partial charge is 0.508 e. The molecular weight excluding hydrogens is 418 g/mol. The lowest BCUT2D eigenvalue weighted by Crippen LogP contribution is -2.51. The van der Waals surface area contributed by atoms with Crippen LogP contribution < -0.4 is 16.4 Å². The van der Waals surface area contributed by atoms with Crippen molar-refractivity contribution in [2.24, 2.45) is 0 Å². The number of phenolic OH excluding ortho intramolecular Hbond substituents is 3. The minimum absolute atomic E-state index is 0.398. The molecule has 0 bridgehead atoms. The first-order valence-electron chi connectivity index (χ1n) is 8.78. The van der Waals surface area contributed by atoms with Crippen molar-refractivity contribution in [3.63, 3.8) is 0 Å². The van der Waals surface area contributed by atoms with Crippen LogP contribution in [0.15, 0.2) is 54.6 Å². The monoisotopic (exact) mass is 432 g/mol. The van der Waals surface area contributed by atoms with Gasteiger partial charge in [-0.1, -0.05) is 0 Å². The lowest BCUT2D eigenvalue weighted by molar-refractivity contribution is 0.352. The third kappa shape index (κ3) is 5.33. The zero-order chi connectivity index (χ0) is 22.7. The normalized spacial score (nSPS) is 10.7. The first-order chi connectivity index (χ1) is 14.7. The van der Waals surface area contributed by atoms with Gasteiger partial charge < -0.3 is 34.5 Å². The molecule has 0 saturated carbocycles. The second kappa shape index (κ2) is 9.35. The summed E-state index contributed by atoms with van der Waals surface area (Å²) in [6, 6.07) is 7.91. The molecule has 3 aromatic rings. The molecule has 0 heterocycles. The maximum Gasteiger partial charge on any atom is 0.481 e. The van der Waals surface area contributed by atoms with Gasteiger partial charge in [0.25, 0.3) is 0 Å². The summed E-state index contributed by atoms with van der Waals surface area (Å²) >= 11 is 0. The third-order valence-corrected chi connectivity index (χ3v) is 4.26. The molecule has 0 aliphatic carbocycles. The van der Waals surface area contributed by atoms with Gasteiger partial charge in [-0.3, -0.25) is 0 Å². The van der Waals surface area contributed by atoms with E-state index in [2.05, 4.69) is 0 Å². The van der Waals surface area contributed by atoms with E-state index in [9.17, 15) is 38.5 Å². The highest BCUT2D eigenvalue weighted by Gasteiger charge is 2.37. The van der Waals surface area contributed by atoms with Gasteiger partial charge in [0.05, 0.1) is 0 Å². The summed E-state index contributed by atoms with van der Waals surface area (Å²) in [5, 5.41) is 50.3. The zero-order valence-electron chi connectivity index (χ0n) is 15.6. The summed E-state index contributed by atoms with van der Waals surface area (Å²) in [5.74, 6) is -4.11. The summed E-state index contributed by atoms with van der Waals surface area (Å²) in [6.07, 6.45) is 0. The van der Waals surface area contributed by atoms with Crippen LogP contribution in [0, 0.1) is 17.5 Å². The number of benzene rings is 3. The smallest absolute Gasteiger partial charge is 0.481 e. The first-order valence-corrected chi connectivity index (χ1v) is 8.78. The molecule has 0 unspecified atom stereocenters. The molecule has 0 fully saturated rings. The van der Waals surface area contributed by atoms with E-state index in [1.807, 2.05) is 0 Å². The first kappa shape index (κ1) is 22.6. The number of halogens is 3. The molecule has 0 aliphatic rings. The molecule has 31 heavy (non-hydrogen) atoms. The van der Waals surface area contributed by atoms with Crippen molar-refractivity contribution in [2.75, 3.05) is 0 Å². The number of phenols is 3. The van der Waals surface area contributed by atoms with E-state index in [-0.39, 0.29) is 0 Å². The quantitative estimate of drug-likeness (QED) is 0.327. The van der Waals surface area contributed by atoms with Gasteiger partial charge in [0.15, 0.2) is 0 Å². The van der Waals surface area contributed by atoms with Gasteiger partial charge in [0.1, 0.15) is 34.7 Å². The third-order valence-electron chi connectivity index (χ3n) is 4.26. The lowest BCUT2D eigenvalue weighted by Gasteiger charge is -2.21. The van der Waals surface area contributed by atoms with Crippen LogP contribution in [-0.4, -0.2) is 46.7 Å². The molecule has 0 aromatic heterocycles. The topological polar surface area (TPSA) is 120 Å². The SMILES string of the molecule is OB(OB(OB(O)c1cc(F)ccc1O)c1cc(F)ccc1O)c1cc(F)ccc1O. The number of hydrogen-bond donors (Lipinski definition) is 5. The van der Waals surface area contributed by atoms with Gasteiger partial charge in [-0.25, -0.2) is 13.2 Å². The molecule has 0 amide bonds. The van der Waals surface area contributed by atoms with E-state index in [0.29, 0.717) is 0 Å². The average molecular weight is 432 g/mol. The zero-order valence-corrected chi connectivity index (χ0v) is 15.6. The molecule has 0 spiro atoms. The minimum atomic E-state index is -2.06. The summed E-state index contributed by atoms with van der Waals surface area (Å²) in [5.41, 5.74) is -1.25. The predicted octanol–water partition coefficient (Wildman–Crippen LogP) is -0.276. The Morgan fingerprint density at radius 2 is 0.871 bits per heavy atom. The summed E-state index contributed by atoms with van der Waals surface area (Å²) in [6.45, 7) is 0. The van der Waals surface area contributed by atoms with E-state index >= 15 is 0 Å². The average Bonchev–Trinajstić information content (AvgIpc) is 2.72. The van der Waals surface area contributed by atoms with Crippen molar-refractivity contribution in [1.29, 1.82) is 0 Å². The molecule has 0 atom stereocenters. The molecular formula is C18H14B3F3O7. The Morgan fingerprint density at radius 1 is 0.548 bits per heavy atom. The Kier molecular flexibility index (Phi) is 6.81. The Hall–Kier alpha value is -3.12. The molecule has 0 radical (unpaired) electrons. The summed E-state index contributed by atoms with van der Waals surface area (Å²) in [4.78, 5) is 0. The number of aromatic hydroxyl groups is 3. The van der Waals surface area contributed by atoms with E-state index < -0.39 is 72.4 Å². The fourth-order valence-corrected chi connectivity index (χ4v) is 2.72. The maximum absolute atomic E-state index is 13.7. The minimum Gasteiger partial charge on any atom is -0.508 e. The summed E-state index contributed by atoms with van der Waals surface area (Å²) < 4.78 is 51.1. The van der Waals surface area contributed by atoms with Crippen molar-refractivity contribution in [3.8, 4) is 17.2 Å². The Balaban J connectivity index is 1.96. The van der Waals surface area contributed by atoms with Crippen LogP contribution in [0.5, 0.6) is 17.2 Å². The van der Waals surface area contributed by atoms with Crippen LogP contribution in [-0.2, 0) is 9.14 Å². The highest BCUT2D eigenvalue weighted by Crippen LogP contribution is 2.14. The van der Waals surface area contributed by atoms with Crippen molar-refractivity contribution < 1.29 is 47.7 Å². The van der Waals surface area contributed by atoms with E-state index in [1.165, 1.54) is 0 Å².